The van der Waals surface area contributed by atoms with Gasteiger partial charge >= 0.3 is 0 Å². The van der Waals surface area contributed by atoms with Gasteiger partial charge in [0.15, 0.2) is 11.5 Å². The van der Waals surface area contributed by atoms with Crippen LogP contribution >= 0.6 is 11.8 Å². The van der Waals surface area contributed by atoms with Gasteiger partial charge in [0.2, 0.25) is 12.7 Å². The number of hydrogen-bond donors (Lipinski definition) is 1. The topological polar surface area (TPSA) is 103 Å². The van der Waals surface area contributed by atoms with Crippen LogP contribution in [-0.4, -0.2) is 29.6 Å². The number of hydrazone groups is 1. The van der Waals surface area contributed by atoms with E-state index in [9.17, 15) is 14.9 Å². The van der Waals surface area contributed by atoms with Crippen molar-refractivity contribution in [1.29, 1.82) is 0 Å². The summed E-state index contributed by atoms with van der Waals surface area (Å²) in [7, 11) is 0. The van der Waals surface area contributed by atoms with E-state index < -0.39 is 4.92 Å². The first-order valence-corrected chi connectivity index (χ1v) is 8.20. The fourth-order valence-corrected chi connectivity index (χ4v) is 2.79. The Bertz CT molecular complexity index is 826. The number of fused-ring (bicyclic) bond motifs is 1. The molecule has 0 aliphatic carbocycles. The number of nitro benzene ring substituents is 1. The second kappa shape index (κ2) is 7.67. The van der Waals surface area contributed by atoms with Crippen molar-refractivity contribution >= 4 is 29.6 Å². The maximum absolute atomic E-state index is 11.8. The molecule has 0 radical (unpaired) electrons. The van der Waals surface area contributed by atoms with E-state index >= 15 is 0 Å². The molecule has 1 heterocycles. The molecule has 128 valence electrons. The number of carbonyl (C=O) groups is 1. The van der Waals surface area contributed by atoms with Crippen LogP contribution in [0.3, 0.4) is 0 Å². The van der Waals surface area contributed by atoms with Gasteiger partial charge in [0.1, 0.15) is 0 Å². The van der Waals surface area contributed by atoms with Crippen molar-refractivity contribution in [2.24, 2.45) is 5.10 Å². The quantitative estimate of drug-likeness (QED) is 0.368. The van der Waals surface area contributed by atoms with Gasteiger partial charge in [-0.3, -0.25) is 14.9 Å². The smallest absolute Gasteiger partial charge is 0.282 e. The molecule has 0 fully saturated rings. The summed E-state index contributed by atoms with van der Waals surface area (Å²) in [5.74, 6) is 0.587. The molecule has 0 aromatic heterocycles. The fraction of sp³-hybridized carbons (Fsp3) is 0.125. The number of rotatable bonds is 6. The lowest BCUT2D eigenvalue weighted by atomic mass is 10.1. The highest BCUT2D eigenvalue weighted by Crippen LogP contribution is 2.37. The van der Waals surface area contributed by atoms with Gasteiger partial charge in [-0.05, 0) is 18.2 Å². The monoisotopic (exact) mass is 359 g/mol. The number of nitrogens with zero attached hydrogens (tertiary/aromatic N) is 2. The summed E-state index contributed by atoms with van der Waals surface area (Å²) in [4.78, 5) is 23.3. The first-order chi connectivity index (χ1) is 12.1. The summed E-state index contributed by atoms with van der Waals surface area (Å²) >= 11 is 1.37. The predicted octanol–water partition coefficient (Wildman–Crippen LogP) is 2.57. The number of ether oxygens (including phenoxy) is 2. The molecule has 0 spiro atoms. The molecule has 0 atom stereocenters. The van der Waals surface area contributed by atoms with Crippen LogP contribution in [0.4, 0.5) is 5.69 Å². The number of nitro groups is 1. The van der Waals surface area contributed by atoms with E-state index in [-0.39, 0.29) is 29.7 Å². The highest BCUT2D eigenvalue weighted by atomic mass is 32.2. The summed E-state index contributed by atoms with van der Waals surface area (Å²) in [6.07, 6.45) is 1.21. The third-order valence-corrected chi connectivity index (χ3v) is 4.24. The Labute approximate surface area is 147 Å². The summed E-state index contributed by atoms with van der Waals surface area (Å²) < 4.78 is 10.3. The molecular formula is C16H13N3O5S. The van der Waals surface area contributed by atoms with E-state index in [4.69, 9.17) is 9.47 Å². The average molecular weight is 359 g/mol. The van der Waals surface area contributed by atoms with E-state index in [1.165, 1.54) is 30.1 Å². The highest BCUT2D eigenvalue weighted by molar-refractivity contribution is 8.00. The second-order valence-electron chi connectivity index (χ2n) is 4.92. The van der Waals surface area contributed by atoms with Gasteiger partial charge in [0, 0.05) is 4.90 Å². The minimum Gasteiger partial charge on any atom is -0.454 e. The number of carbonyl (C=O) groups excluding carboxylic acids is 1. The van der Waals surface area contributed by atoms with Gasteiger partial charge in [-0.15, -0.1) is 11.8 Å². The molecule has 0 unspecified atom stereocenters. The normalized spacial score (nSPS) is 12.3. The molecule has 0 saturated carbocycles. The molecule has 1 N–H and O–H groups in total. The zero-order valence-corrected chi connectivity index (χ0v) is 13.7. The van der Waals surface area contributed by atoms with Gasteiger partial charge in [-0.2, -0.15) is 5.10 Å². The molecule has 9 heteroatoms. The second-order valence-corrected chi connectivity index (χ2v) is 5.97. The molecular weight excluding hydrogens is 346 g/mol. The number of hydrogen-bond acceptors (Lipinski definition) is 7. The van der Waals surface area contributed by atoms with Crippen molar-refractivity contribution in [1.82, 2.24) is 5.43 Å². The van der Waals surface area contributed by atoms with Crippen molar-refractivity contribution in [2.75, 3.05) is 12.5 Å². The van der Waals surface area contributed by atoms with Crippen molar-refractivity contribution in [3.05, 3.63) is 58.1 Å². The maximum atomic E-state index is 11.8. The van der Waals surface area contributed by atoms with Crippen LogP contribution in [0.2, 0.25) is 0 Å². The molecule has 2 aromatic rings. The van der Waals surface area contributed by atoms with Crippen molar-refractivity contribution in [3.63, 3.8) is 0 Å². The minimum absolute atomic E-state index is 0.0144. The van der Waals surface area contributed by atoms with Crippen LogP contribution in [-0.2, 0) is 4.79 Å². The molecule has 1 aliphatic rings. The SMILES string of the molecule is O=C(CSc1ccccc1)N/N=C\c1cc2c(cc1[N+](=O)[O-])OCO2. The molecule has 0 saturated heterocycles. The molecule has 8 nitrogen and oxygen atoms in total. The van der Waals surface area contributed by atoms with Gasteiger partial charge in [0.05, 0.1) is 28.5 Å². The van der Waals surface area contributed by atoms with Crippen LogP contribution < -0.4 is 14.9 Å². The Morgan fingerprint density at radius 1 is 1.28 bits per heavy atom. The van der Waals surface area contributed by atoms with Gasteiger partial charge < -0.3 is 9.47 Å². The van der Waals surface area contributed by atoms with Crippen LogP contribution in [0, 0.1) is 10.1 Å². The predicted molar refractivity (Wildman–Crippen MR) is 92.1 cm³/mol. The molecule has 0 bridgehead atoms. The number of thioether (sulfide) groups is 1. The Morgan fingerprint density at radius 3 is 2.72 bits per heavy atom. The van der Waals surface area contributed by atoms with Crippen molar-refractivity contribution in [3.8, 4) is 11.5 Å². The standard InChI is InChI=1S/C16H13N3O5S/c20-16(9-25-12-4-2-1-3-5-12)18-17-8-11-6-14-15(24-10-23-14)7-13(11)19(21)22/h1-8H,9-10H2,(H,18,20)/b17-8-. The first kappa shape index (κ1) is 16.8. The molecule has 1 amide bonds. The summed E-state index contributed by atoms with van der Waals surface area (Å²) in [6, 6.07) is 12.2. The number of nitrogens with one attached hydrogen (secondary N) is 1. The lowest BCUT2D eigenvalue weighted by Gasteiger charge is -2.02. The zero-order chi connectivity index (χ0) is 17.6. The first-order valence-electron chi connectivity index (χ1n) is 7.21. The summed E-state index contributed by atoms with van der Waals surface area (Å²) in [5, 5.41) is 14.9. The maximum Gasteiger partial charge on any atom is 0.282 e. The molecule has 2 aromatic carbocycles. The van der Waals surface area contributed by atoms with Crippen LogP contribution in [0.15, 0.2) is 52.5 Å². The van der Waals surface area contributed by atoms with E-state index in [0.717, 1.165) is 4.90 Å². The molecule has 3 rings (SSSR count). The highest BCUT2D eigenvalue weighted by Gasteiger charge is 2.22. The lowest BCUT2D eigenvalue weighted by Crippen LogP contribution is -2.19. The third-order valence-electron chi connectivity index (χ3n) is 3.22. The van der Waals surface area contributed by atoms with Crippen molar-refractivity contribution in [2.45, 2.75) is 4.90 Å². The Hall–Kier alpha value is -3.07. The average Bonchev–Trinajstić information content (AvgIpc) is 3.07. The third kappa shape index (κ3) is 4.27. The van der Waals surface area contributed by atoms with Crippen LogP contribution in [0.1, 0.15) is 5.56 Å². The van der Waals surface area contributed by atoms with E-state index in [0.29, 0.717) is 11.5 Å². The van der Waals surface area contributed by atoms with E-state index in [1.807, 2.05) is 30.3 Å². The van der Waals surface area contributed by atoms with Crippen molar-refractivity contribution < 1.29 is 19.2 Å². The summed E-state index contributed by atoms with van der Waals surface area (Å²) in [5.41, 5.74) is 2.38. The van der Waals surface area contributed by atoms with Gasteiger partial charge in [0.25, 0.3) is 5.69 Å². The largest absolute Gasteiger partial charge is 0.454 e. The number of benzene rings is 2. The van der Waals surface area contributed by atoms with Crippen LogP contribution in [0.5, 0.6) is 11.5 Å². The lowest BCUT2D eigenvalue weighted by molar-refractivity contribution is -0.385. The Morgan fingerprint density at radius 2 is 2.00 bits per heavy atom. The minimum atomic E-state index is -0.545. The Balaban J connectivity index is 1.62. The molecule has 25 heavy (non-hydrogen) atoms. The van der Waals surface area contributed by atoms with Gasteiger partial charge in [-0.1, -0.05) is 18.2 Å². The van der Waals surface area contributed by atoms with Gasteiger partial charge in [-0.25, -0.2) is 5.43 Å². The fourth-order valence-electron chi connectivity index (χ4n) is 2.08. The molecule has 1 aliphatic heterocycles. The number of amides is 1. The van der Waals surface area contributed by atoms with E-state index in [1.54, 1.807) is 0 Å². The Kier molecular flexibility index (Phi) is 5.14. The summed E-state index contributed by atoms with van der Waals surface area (Å²) in [6.45, 7) is 0.0144. The van der Waals surface area contributed by atoms with Crippen LogP contribution in [0.25, 0.3) is 0 Å². The zero-order valence-electron chi connectivity index (χ0n) is 12.9. The van der Waals surface area contributed by atoms with E-state index in [2.05, 4.69) is 10.5 Å².